The molecule has 0 saturated carbocycles. The Morgan fingerprint density at radius 1 is 0.971 bits per heavy atom. The lowest BCUT2D eigenvalue weighted by Crippen LogP contribution is -2.36. The van der Waals surface area contributed by atoms with Crippen LogP contribution in [0.25, 0.3) is 0 Å². The second-order valence-corrected chi connectivity index (χ2v) is 8.60. The highest BCUT2D eigenvalue weighted by Gasteiger charge is 2.27. The molecule has 0 aliphatic carbocycles. The van der Waals surface area contributed by atoms with Crippen LogP contribution in [0, 0.1) is 20.8 Å². The van der Waals surface area contributed by atoms with Crippen molar-refractivity contribution in [2.75, 3.05) is 50.7 Å². The highest BCUT2D eigenvalue weighted by atomic mass is 16.5. The quantitative estimate of drug-likeness (QED) is 0.556. The number of aromatic nitrogens is 1. The van der Waals surface area contributed by atoms with Crippen molar-refractivity contribution < 1.29 is 19.0 Å². The lowest BCUT2D eigenvalue weighted by molar-refractivity contribution is 0.101. The molecule has 4 rings (SSSR count). The van der Waals surface area contributed by atoms with E-state index >= 15 is 0 Å². The number of carbonyl (C=O) groups is 1. The number of hydrogen-bond acceptors (Lipinski definition) is 5. The second kappa shape index (κ2) is 10.2. The lowest BCUT2D eigenvalue weighted by Gasteiger charge is -2.29. The number of aryl methyl sites for hydroxylation is 1. The maximum atomic E-state index is 13.7. The van der Waals surface area contributed by atoms with Crippen LogP contribution in [0.5, 0.6) is 11.5 Å². The van der Waals surface area contributed by atoms with Gasteiger partial charge in [-0.05, 0) is 38.5 Å². The number of anilines is 2. The fraction of sp³-hybridized carbons (Fsp3) is 0.370. The van der Waals surface area contributed by atoms with E-state index in [1.54, 1.807) is 26.4 Å². The number of morpholine rings is 1. The molecule has 1 saturated heterocycles. The third-order valence-corrected chi connectivity index (χ3v) is 6.37. The molecule has 180 valence electrons. The summed E-state index contributed by atoms with van der Waals surface area (Å²) in [5.41, 5.74) is 6.85. The molecule has 0 atom stereocenters. The molecule has 2 heterocycles. The maximum Gasteiger partial charge on any atom is 0.272 e. The Balaban J connectivity index is 1.73. The Morgan fingerprint density at radius 2 is 1.65 bits per heavy atom. The number of amides is 1. The molecule has 34 heavy (non-hydrogen) atoms. The Kier molecular flexibility index (Phi) is 7.12. The third kappa shape index (κ3) is 4.75. The summed E-state index contributed by atoms with van der Waals surface area (Å²) in [6, 6.07) is 13.8. The minimum Gasteiger partial charge on any atom is -0.493 e. The summed E-state index contributed by atoms with van der Waals surface area (Å²) in [6.45, 7) is 9.83. The zero-order valence-electron chi connectivity index (χ0n) is 20.6. The highest BCUT2D eigenvalue weighted by molar-refractivity contribution is 6.05. The first-order chi connectivity index (χ1) is 16.4. The van der Waals surface area contributed by atoms with Gasteiger partial charge < -0.3 is 29.0 Å². The number of carbonyl (C=O) groups excluding carboxylic acids is 1. The first kappa shape index (κ1) is 23.7. The average molecular weight is 464 g/mol. The number of nitrogens with one attached hydrogen (secondary N) is 1. The van der Waals surface area contributed by atoms with Crippen molar-refractivity contribution in [3.63, 3.8) is 0 Å². The van der Waals surface area contributed by atoms with Gasteiger partial charge in [-0.15, -0.1) is 0 Å². The third-order valence-electron chi connectivity index (χ3n) is 6.37. The fourth-order valence-electron chi connectivity index (χ4n) is 4.61. The predicted molar refractivity (Wildman–Crippen MR) is 135 cm³/mol. The van der Waals surface area contributed by atoms with E-state index in [0.29, 0.717) is 42.6 Å². The molecule has 7 nitrogen and oxygen atoms in total. The van der Waals surface area contributed by atoms with E-state index in [1.807, 2.05) is 13.0 Å². The van der Waals surface area contributed by atoms with E-state index in [1.165, 1.54) is 5.56 Å². The van der Waals surface area contributed by atoms with Gasteiger partial charge in [0.1, 0.15) is 5.69 Å². The van der Waals surface area contributed by atoms with Gasteiger partial charge in [0, 0.05) is 42.6 Å². The summed E-state index contributed by atoms with van der Waals surface area (Å²) in [5, 5.41) is 3.07. The number of nitrogens with zero attached hydrogens (tertiary/aromatic N) is 2. The molecular formula is C27H33N3O4. The molecule has 0 bridgehead atoms. The van der Waals surface area contributed by atoms with E-state index in [-0.39, 0.29) is 5.91 Å². The van der Waals surface area contributed by atoms with Gasteiger partial charge in [-0.1, -0.05) is 29.8 Å². The number of benzene rings is 2. The van der Waals surface area contributed by atoms with Gasteiger partial charge >= 0.3 is 0 Å². The van der Waals surface area contributed by atoms with Crippen LogP contribution >= 0.6 is 0 Å². The van der Waals surface area contributed by atoms with Gasteiger partial charge in [0.2, 0.25) is 0 Å². The molecule has 0 radical (unpaired) electrons. The zero-order chi connectivity index (χ0) is 24.2. The Labute approximate surface area is 201 Å². The molecule has 1 aliphatic heterocycles. The van der Waals surface area contributed by atoms with Crippen molar-refractivity contribution in [2.45, 2.75) is 27.3 Å². The largest absolute Gasteiger partial charge is 0.493 e. The fourth-order valence-corrected chi connectivity index (χ4v) is 4.61. The van der Waals surface area contributed by atoms with Crippen molar-refractivity contribution in [2.24, 2.45) is 0 Å². The summed E-state index contributed by atoms with van der Waals surface area (Å²) in [7, 11) is 3.17. The van der Waals surface area contributed by atoms with Crippen molar-refractivity contribution in [1.29, 1.82) is 0 Å². The molecule has 0 spiro atoms. The van der Waals surface area contributed by atoms with Crippen LogP contribution in [-0.4, -0.2) is 51.0 Å². The minimum absolute atomic E-state index is 0.153. The Bertz CT molecular complexity index is 1160. The number of hydrogen-bond donors (Lipinski definition) is 1. The van der Waals surface area contributed by atoms with Gasteiger partial charge in [-0.25, -0.2) is 0 Å². The van der Waals surface area contributed by atoms with Gasteiger partial charge in [-0.3, -0.25) is 4.79 Å². The first-order valence-corrected chi connectivity index (χ1v) is 11.5. The molecule has 7 heteroatoms. The maximum absolute atomic E-state index is 13.7. The summed E-state index contributed by atoms with van der Waals surface area (Å²) in [4.78, 5) is 16.0. The number of rotatable bonds is 7. The Hall–Kier alpha value is -3.45. The molecule has 1 fully saturated rings. The van der Waals surface area contributed by atoms with Crippen LogP contribution in [0.2, 0.25) is 0 Å². The molecule has 0 unspecified atom stereocenters. The van der Waals surface area contributed by atoms with E-state index < -0.39 is 0 Å². The standard InChI is InChI=1S/C27H33N3O4/c1-18-6-8-21(9-7-18)17-30-20(3)25(29-12-14-34-15-13-29)19(2)26(30)27(31)28-22-10-11-23(32-4)24(16-22)33-5/h6-11,16H,12-15,17H2,1-5H3,(H,28,31). The monoisotopic (exact) mass is 463 g/mol. The summed E-state index contributed by atoms with van der Waals surface area (Å²) in [5.74, 6) is 1.03. The Morgan fingerprint density at radius 3 is 2.29 bits per heavy atom. The van der Waals surface area contributed by atoms with E-state index in [9.17, 15) is 4.79 Å². The lowest BCUT2D eigenvalue weighted by atomic mass is 10.1. The first-order valence-electron chi connectivity index (χ1n) is 11.5. The molecule has 1 N–H and O–H groups in total. The molecule has 2 aromatic carbocycles. The van der Waals surface area contributed by atoms with Gasteiger partial charge in [0.25, 0.3) is 5.91 Å². The van der Waals surface area contributed by atoms with Crippen LogP contribution < -0.4 is 19.7 Å². The second-order valence-electron chi connectivity index (χ2n) is 8.60. The van der Waals surface area contributed by atoms with Crippen molar-refractivity contribution in [3.8, 4) is 11.5 Å². The van der Waals surface area contributed by atoms with Crippen LogP contribution in [0.15, 0.2) is 42.5 Å². The summed E-state index contributed by atoms with van der Waals surface area (Å²) >= 11 is 0. The normalized spacial score (nSPS) is 13.6. The predicted octanol–water partition coefficient (Wildman–Crippen LogP) is 4.57. The molecular weight excluding hydrogens is 430 g/mol. The summed E-state index contributed by atoms with van der Waals surface area (Å²) in [6.07, 6.45) is 0. The molecule has 1 amide bonds. The number of methoxy groups -OCH3 is 2. The van der Waals surface area contributed by atoms with E-state index in [0.717, 1.165) is 35.6 Å². The van der Waals surface area contributed by atoms with E-state index in [2.05, 4.69) is 52.9 Å². The van der Waals surface area contributed by atoms with Crippen molar-refractivity contribution in [3.05, 3.63) is 70.5 Å². The van der Waals surface area contributed by atoms with Crippen molar-refractivity contribution >= 4 is 17.3 Å². The van der Waals surface area contributed by atoms with Crippen LogP contribution in [0.1, 0.15) is 32.9 Å². The van der Waals surface area contributed by atoms with Gasteiger partial charge in [0.05, 0.1) is 33.1 Å². The highest BCUT2D eigenvalue weighted by Crippen LogP contribution is 2.34. The van der Waals surface area contributed by atoms with Crippen LogP contribution in [0.4, 0.5) is 11.4 Å². The molecule has 1 aliphatic rings. The summed E-state index contributed by atoms with van der Waals surface area (Å²) < 4.78 is 18.4. The van der Waals surface area contributed by atoms with Crippen LogP contribution in [-0.2, 0) is 11.3 Å². The van der Waals surface area contributed by atoms with Gasteiger partial charge in [0.15, 0.2) is 11.5 Å². The topological polar surface area (TPSA) is 65.0 Å². The van der Waals surface area contributed by atoms with Crippen molar-refractivity contribution in [1.82, 2.24) is 4.57 Å². The van der Waals surface area contributed by atoms with Gasteiger partial charge in [-0.2, -0.15) is 0 Å². The number of ether oxygens (including phenoxy) is 3. The minimum atomic E-state index is -0.153. The molecule has 1 aromatic heterocycles. The molecule has 3 aromatic rings. The zero-order valence-corrected chi connectivity index (χ0v) is 20.6. The SMILES string of the molecule is COc1ccc(NC(=O)c2c(C)c(N3CCOCC3)c(C)n2Cc2ccc(C)cc2)cc1OC. The average Bonchev–Trinajstić information content (AvgIpc) is 3.09. The smallest absolute Gasteiger partial charge is 0.272 e. The van der Waals surface area contributed by atoms with Crippen LogP contribution in [0.3, 0.4) is 0 Å². The van der Waals surface area contributed by atoms with E-state index in [4.69, 9.17) is 14.2 Å².